The van der Waals surface area contributed by atoms with Crippen LogP contribution in [0.5, 0.6) is 0 Å². The van der Waals surface area contributed by atoms with Gasteiger partial charge >= 0.3 is 27.8 Å². The van der Waals surface area contributed by atoms with Gasteiger partial charge in [-0.1, -0.05) is 18.8 Å². The fraction of sp³-hybridized carbons (Fsp3) is 0.0526. The second kappa shape index (κ2) is 11.6. The van der Waals surface area contributed by atoms with Gasteiger partial charge in [0, 0.05) is 0 Å². The van der Waals surface area contributed by atoms with Crippen LogP contribution < -0.4 is 33.7 Å². The highest BCUT2D eigenvalue weighted by Gasteiger charge is 2.17. The van der Waals surface area contributed by atoms with Crippen molar-refractivity contribution in [3.8, 4) is 0 Å². The number of aromatic nitrogens is 6. The highest BCUT2D eigenvalue weighted by molar-refractivity contribution is 7.22. The number of rotatable bonds is 2. The monoisotopic (exact) mass is 610 g/mol. The van der Waals surface area contributed by atoms with Crippen LogP contribution in [0.25, 0.3) is 30.6 Å². The summed E-state index contributed by atoms with van der Waals surface area (Å²) in [4.78, 5) is 98.4. The summed E-state index contributed by atoms with van der Waals surface area (Å²) >= 11 is 2.96. The summed E-state index contributed by atoms with van der Waals surface area (Å²) in [5.74, 6) is 0. The van der Waals surface area contributed by atoms with Gasteiger partial charge in [-0.3, -0.25) is 49.6 Å². The first-order valence-corrected chi connectivity index (χ1v) is 12.5. The average molecular weight is 611 g/mol. The molecule has 0 bridgehead atoms. The van der Waals surface area contributed by atoms with Gasteiger partial charge in [-0.2, -0.15) is 0 Å². The average Bonchev–Trinajstić information content (AvgIpc) is 3.57. The zero-order valence-corrected chi connectivity index (χ0v) is 21.0. The first kappa shape index (κ1) is 29.3. The number of thiophene rings is 3. The Hall–Kier alpha value is -5.28. The smallest absolute Gasteiger partial charge is 0.306 e. The lowest BCUT2D eigenvalue weighted by molar-refractivity contribution is -0.382. The van der Waals surface area contributed by atoms with Crippen LogP contribution in [0.3, 0.4) is 0 Å². The van der Waals surface area contributed by atoms with Crippen molar-refractivity contribution in [3.63, 3.8) is 0 Å². The second-order valence-electron chi connectivity index (χ2n) is 7.05. The summed E-state index contributed by atoms with van der Waals surface area (Å²) in [6.07, 6.45) is 0. The highest BCUT2D eigenvalue weighted by Crippen LogP contribution is 2.27. The lowest BCUT2D eigenvalue weighted by atomic mass is 10.4. The van der Waals surface area contributed by atoms with Crippen molar-refractivity contribution in [2.24, 2.45) is 0 Å². The predicted molar refractivity (Wildman–Crippen MR) is 149 cm³/mol. The molecule has 0 aromatic carbocycles. The number of fused-ring (bicyclic) bond motifs is 3. The molecule has 0 fully saturated rings. The van der Waals surface area contributed by atoms with Crippen LogP contribution in [0, 0.1) is 20.2 Å². The van der Waals surface area contributed by atoms with E-state index in [1.165, 1.54) is 16.7 Å². The van der Waals surface area contributed by atoms with Crippen molar-refractivity contribution >= 4 is 75.3 Å². The minimum absolute atomic E-state index is 0. The summed E-state index contributed by atoms with van der Waals surface area (Å²) in [5.41, 5.74) is -2.90. The fourth-order valence-electron chi connectivity index (χ4n) is 3.02. The van der Waals surface area contributed by atoms with Crippen LogP contribution in [-0.4, -0.2) is 39.8 Å². The third-order valence-electron chi connectivity index (χ3n) is 4.57. The van der Waals surface area contributed by atoms with E-state index in [-0.39, 0.29) is 44.1 Å². The molecule has 6 N–H and O–H groups in total. The summed E-state index contributed by atoms with van der Waals surface area (Å²) in [6, 6.07) is 2.87. The molecule has 0 spiro atoms. The van der Waals surface area contributed by atoms with Gasteiger partial charge in [-0.05, 0) is 11.4 Å². The first-order valence-electron chi connectivity index (χ1n) is 9.93. The van der Waals surface area contributed by atoms with E-state index in [1.807, 2.05) is 9.97 Å². The predicted octanol–water partition coefficient (Wildman–Crippen LogP) is 1.29. The van der Waals surface area contributed by atoms with Crippen LogP contribution in [0.1, 0.15) is 7.43 Å². The molecule has 0 saturated heterocycles. The molecule has 40 heavy (non-hydrogen) atoms. The van der Waals surface area contributed by atoms with Gasteiger partial charge in [-0.25, -0.2) is 14.4 Å². The molecule has 0 atom stereocenters. The van der Waals surface area contributed by atoms with E-state index in [4.69, 9.17) is 0 Å². The second-order valence-corrected chi connectivity index (χ2v) is 9.88. The van der Waals surface area contributed by atoms with Gasteiger partial charge < -0.3 is 15.0 Å². The molecule has 0 aliphatic rings. The molecular weight excluding hydrogens is 596 g/mol. The number of nitro groups is 2. The molecule has 6 rings (SSSR count). The number of hydrogen-bond donors (Lipinski definition) is 6. The SMILES string of the molecule is C.O=c1[nH]c(=O)c2sc([N+](=O)[O-])cc2[nH]1.O=c1[nH]c(=O)c2scc([N+](=O)[O-])c2[nH]1.O=c1[nH]c(=O)c2sccc2[nH]1. The molecule has 6 aromatic heterocycles. The van der Waals surface area contributed by atoms with E-state index in [9.17, 15) is 49.0 Å². The molecule has 0 radical (unpaired) electrons. The van der Waals surface area contributed by atoms with E-state index in [2.05, 4.69) is 19.9 Å². The first-order chi connectivity index (χ1) is 18.4. The number of nitrogens with one attached hydrogen (secondary N) is 6. The van der Waals surface area contributed by atoms with E-state index in [0.29, 0.717) is 10.2 Å². The third kappa shape index (κ3) is 6.06. The van der Waals surface area contributed by atoms with Crippen LogP contribution in [0.4, 0.5) is 10.7 Å². The van der Waals surface area contributed by atoms with E-state index in [0.717, 1.165) is 28.7 Å². The number of aromatic amines is 6. The van der Waals surface area contributed by atoms with Crippen molar-refractivity contribution < 1.29 is 9.85 Å². The van der Waals surface area contributed by atoms with Crippen molar-refractivity contribution in [1.82, 2.24) is 29.9 Å². The largest absolute Gasteiger partial charge is 0.326 e. The lowest BCUT2D eigenvalue weighted by Crippen LogP contribution is -2.20. The van der Waals surface area contributed by atoms with Gasteiger partial charge in [0.15, 0.2) is 0 Å². The molecule has 0 saturated carbocycles. The number of nitrogens with zero attached hydrogens (tertiary/aromatic N) is 2. The van der Waals surface area contributed by atoms with E-state index < -0.39 is 38.0 Å². The van der Waals surface area contributed by atoms with Gasteiger partial charge in [0.2, 0.25) is 0 Å². The van der Waals surface area contributed by atoms with Gasteiger partial charge in [0.25, 0.3) is 16.7 Å². The molecule has 6 aromatic rings. The minimum Gasteiger partial charge on any atom is -0.306 e. The molecule has 0 aliphatic carbocycles. The maximum atomic E-state index is 11.1. The van der Waals surface area contributed by atoms with Crippen molar-refractivity contribution in [3.05, 3.63) is 106 Å². The Morgan fingerprint density at radius 3 is 1.80 bits per heavy atom. The Labute approximate surface area is 227 Å². The molecule has 0 amide bonds. The quantitative estimate of drug-likeness (QED) is 0.121. The Morgan fingerprint density at radius 1 is 0.650 bits per heavy atom. The Bertz CT molecular complexity index is 2220. The Morgan fingerprint density at radius 2 is 1.20 bits per heavy atom. The zero-order valence-electron chi connectivity index (χ0n) is 18.5. The van der Waals surface area contributed by atoms with Crippen LogP contribution in [0.15, 0.2) is 51.7 Å². The third-order valence-corrected chi connectivity index (χ3v) is 7.53. The van der Waals surface area contributed by atoms with Crippen LogP contribution in [-0.2, 0) is 0 Å². The van der Waals surface area contributed by atoms with Crippen LogP contribution >= 0.6 is 34.0 Å². The maximum Gasteiger partial charge on any atom is 0.326 e. The number of H-pyrrole nitrogens is 6. The van der Waals surface area contributed by atoms with Crippen molar-refractivity contribution in [1.29, 1.82) is 0 Å². The molecule has 0 aliphatic heterocycles. The summed E-state index contributed by atoms with van der Waals surface area (Å²) in [6.45, 7) is 0. The van der Waals surface area contributed by atoms with Crippen molar-refractivity contribution in [2.45, 2.75) is 7.43 Å². The lowest BCUT2D eigenvalue weighted by Gasteiger charge is -1.87. The Kier molecular flexibility index (Phi) is 8.51. The molecule has 6 heterocycles. The Balaban J connectivity index is 0.000000165. The molecule has 0 unspecified atom stereocenters. The fourth-order valence-corrected chi connectivity index (χ4v) is 5.45. The molecule has 18 nitrogen and oxygen atoms in total. The summed E-state index contributed by atoms with van der Waals surface area (Å²) < 4.78 is 0.859. The van der Waals surface area contributed by atoms with E-state index in [1.54, 1.807) is 11.4 Å². The molecule has 21 heteroatoms. The summed E-state index contributed by atoms with van der Waals surface area (Å²) in [5, 5.41) is 23.7. The molecule has 208 valence electrons. The van der Waals surface area contributed by atoms with Gasteiger partial charge in [0.05, 0.1) is 32.3 Å². The van der Waals surface area contributed by atoms with Crippen molar-refractivity contribution in [2.75, 3.05) is 0 Å². The topological polar surface area (TPSA) is 283 Å². The standard InChI is InChI=1S/2C6H3N3O4S.C6H4N2O2S.CH4/c10-5-4-3(7-6(11)8-5)2(1-14-4)9(12)13;10-5-4-2(7-6(11)8-5)1-3(14-4)9(12)13;9-5-4-3(1-2-11-4)7-6(10)8-5;/h2*1H,(H2,7,8,10,11);1-2H,(H2,7,8,9,10);1H4. The minimum atomic E-state index is -0.746. The number of hydrogen-bond acceptors (Lipinski definition) is 13. The zero-order chi connectivity index (χ0) is 28.4. The van der Waals surface area contributed by atoms with E-state index >= 15 is 0 Å². The summed E-state index contributed by atoms with van der Waals surface area (Å²) in [7, 11) is 0. The maximum absolute atomic E-state index is 11.1. The highest BCUT2D eigenvalue weighted by atomic mass is 32.1. The molecular formula is C19H14N8O10S3. The van der Waals surface area contributed by atoms with Gasteiger partial charge in [-0.15, -0.1) is 22.7 Å². The van der Waals surface area contributed by atoms with Crippen LogP contribution in [0.2, 0.25) is 0 Å². The normalized spacial score (nSPS) is 10.3. The van der Waals surface area contributed by atoms with Gasteiger partial charge in [0.1, 0.15) is 19.6 Å².